The summed E-state index contributed by atoms with van der Waals surface area (Å²) in [5, 5.41) is 0. The highest BCUT2D eigenvalue weighted by atomic mass is 19.4. The van der Waals surface area contributed by atoms with Crippen molar-refractivity contribution in [1.29, 1.82) is 0 Å². The van der Waals surface area contributed by atoms with Crippen molar-refractivity contribution in [3.63, 3.8) is 0 Å². The van der Waals surface area contributed by atoms with Gasteiger partial charge in [-0.15, -0.1) is 0 Å². The average Bonchev–Trinajstić information content (AvgIpc) is 2.76. The Morgan fingerprint density at radius 2 is 1.26 bits per heavy atom. The molecule has 2 aromatic rings. The number of rotatable bonds is 4. The third-order valence-electron chi connectivity index (χ3n) is 5.74. The Bertz CT molecular complexity index is 987. The number of ether oxygens (including phenoxy) is 1. The number of hydrogen-bond donors (Lipinski definition) is 0. The lowest BCUT2D eigenvalue weighted by atomic mass is 9.95. The predicted octanol–water partition coefficient (Wildman–Crippen LogP) is 6.56. The van der Waals surface area contributed by atoms with Gasteiger partial charge in [0, 0.05) is 32.2 Å². The molecule has 1 saturated heterocycles. The molecule has 3 rings (SSSR count). The van der Waals surface area contributed by atoms with Gasteiger partial charge in [-0.3, -0.25) is 4.90 Å². The number of piperazine rings is 1. The molecule has 1 heterocycles. The fourth-order valence-corrected chi connectivity index (χ4v) is 3.95. The molecule has 0 spiro atoms. The van der Waals surface area contributed by atoms with Crippen LogP contribution in [-0.2, 0) is 23.5 Å². The number of amides is 1. The maximum Gasteiger partial charge on any atom is 0.416 e. The Hall–Kier alpha value is -2.75. The quantitative estimate of drug-likeness (QED) is 0.444. The molecule has 1 aliphatic heterocycles. The van der Waals surface area contributed by atoms with Crippen molar-refractivity contribution in [2.24, 2.45) is 0 Å². The number of alkyl halides is 6. The molecule has 0 aliphatic carbocycles. The van der Waals surface area contributed by atoms with Gasteiger partial charge in [0.25, 0.3) is 0 Å². The van der Waals surface area contributed by atoms with Crippen LogP contribution in [0.1, 0.15) is 49.1 Å². The van der Waals surface area contributed by atoms with Gasteiger partial charge in [-0.25, -0.2) is 4.79 Å². The van der Waals surface area contributed by atoms with Gasteiger partial charge in [0.2, 0.25) is 0 Å². The van der Waals surface area contributed by atoms with Crippen LogP contribution >= 0.6 is 0 Å². The molecule has 10 heteroatoms. The largest absolute Gasteiger partial charge is 0.444 e. The van der Waals surface area contributed by atoms with Crippen LogP contribution in [0.2, 0.25) is 0 Å². The molecule has 192 valence electrons. The Balaban J connectivity index is 1.80. The van der Waals surface area contributed by atoms with Gasteiger partial charge < -0.3 is 9.64 Å². The fourth-order valence-electron chi connectivity index (χ4n) is 3.95. The van der Waals surface area contributed by atoms with Crippen LogP contribution < -0.4 is 0 Å². The summed E-state index contributed by atoms with van der Waals surface area (Å²) in [4.78, 5) is 16.0. The second kappa shape index (κ2) is 10.1. The van der Waals surface area contributed by atoms with Crippen LogP contribution in [0.25, 0.3) is 0 Å². The molecule has 0 N–H and O–H groups in total. The Morgan fingerprint density at radius 3 is 1.69 bits per heavy atom. The van der Waals surface area contributed by atoms with Crippen LogP contribution in [0.3, 0.4) is 0 Å². The van der Waals surface area contributed by atoms with E-state index in [0.29, 0.717) is 43.7 Å². The van der Waals surface area contributed by atoms with E-state index in [1.807, 2.05) is 4.90 Å². The second-order valence-electron chi connectivity index (χ2n) is 9.54. The van der Waals surface area contributed by atoms with E-state index in [-0.39, 0.29) is 6.04 Å². The zero-order valence-electron chi connectivity index (χ0n) is 19.7. The first-order valence-electron chi connectivity index (χ1n) is 11.2. The minimum Gasteiger partial charge on any atom is -0.444 e. The molecule has 0 unspecified atom stereocenters. The monoisotopic (exact) mass is 502 g/mol. The first-order valence-corrected chi connectivity index (χ1v) is 11.2. The van der Waals surface area contributed by atoms with E-state index in [0.717, 1.165) is 24.3 Å². The minimum absolute atomic E-state index is 0.302. The van der Waals surface area contributed by atoms with Crippen molar-refractivity contribution in [3.8, 4) is 0 Å². The molecule has 0 bridgehead atoms. The van der Waals surface area contributed by atoms with Gasteiger partial charge in [-0.2, -0.15) is 26.3 Å². The maximum atomic E-state index is 13.0. The van der Waals surface area contributed by atoms with Crippen molar-refractivity contribution in [2.75, 3.05) is 26.2 Å². The standard InChI is InChI=1S/C25H28F6N2O2/c1-23(2,3)35-22(34)33-14-12-32(13-15-33)21(18-6-10-20(11-7-18)25(29,30)31)16-17-4-8-19(9-5-17)24(26,27)28/h4-11,21H,12-16H2,1-3H3/t21-/m0/s1. The Kier molecular flexibility index (Phi) is 7.74. The predicted molar refractivity (Wildman–Crippen MR) is 119 cm³/mol. The first kappa shape index (κ1) is 26.8. The number of hydrogen-bond acceptors (Lipinski definition) is 3. The molecule has 1 fully saturated rings. The number of carbonyl (C=O) groups excluding carboxylic acids is 1. The highest BCUT2D eigenvalue weighted by Crippen LogP contribution is 2.33. The van der Waals surface area contributed by atoms with Gasteiger partial charge in [-0.05, 0) is 62.6 Å². The summed E-state index contributed by atoms with van der Waals surface area (Å²) >= 11 is 0. The number of carbonyl (C=O) groups is 1. The van der Waals surface area contributed by atoms with Crippen LogP contribution in [0.5, 0.6) is 0 Å². The summed E-state index contributed by atoms with van der Waals surface area (Å²) < 4.78 is 83.3. The summed E-state index contributed by atoms with van der Waals surface area (Å²) in [6.07, 6.45) is -9.06. The third-order valence-corrected chi connectivity index (χ3v) is 5.74. The van der Waals surface area contributed by atoms with Crippen LogP contribution in [0.15, 0.2) is 48.5 Å². The van der Waals surface area contributed by atoms with E-state index < -0.39 is 35.2 Å². The molecule has 1 atom stereocenters. The summed E-state index contributed by atoms with van der Waals surface area (Å²) in [5.41, 5.74) is -0.941. The summed E-state index contributed by atoms with van der Waals surface area (Å²) in [5.74, 6) is 0. The average molecular weight is 502 g/mol. The summed E-state index contributed by atoms with van der Waals surface area (Å²) in [6.45, 7) is 6.90. The summed E-state index contributed by atoms with van der Waals surface area (Å²) in [7, 11) is 0. The Labute approximate surface area is 200 Å². The second-order valence-corrected chi connectivity index (χ2v) is 9.54. The van der Waals surface area contributed by atoms with Crippen molar-refractivity contribution in [2.45, 2.75) is 51.2 Å². The van der Waals surface area contributed by atoms with Crippen LogP contribution in [0.4, 0.5) is 31.1 Å². The smallest absolute Gasteiger partial charge is 0.416 e. The van der Waals surface area contributed by atoms with Gasteiger partial charge in [0.1, 0.15) is 5.60 Å². The molecule has 35 heavy (non-hydrogen) atoms. The van der Waals surface area contributed by atoms with E-state index in [1.165, 1.54) is 24.3 Å². The van der Waals surface area contributed by atoms with E-state index in [9.17, 15) is 31.1 Å². The van der Waals surface area contributed by atoms with Gasteiger partial charge in [-0.1, -0.05) is 24.3 Å². The number of nitrogens with zero attached hydrogens (tertiary/aromatic N) is 2. The third kappa shape index (κ3) is 7.37. The topological polar surface area (TPSA) is 32.8 Å². The normalized spacial score (nSPS) is 16.8. The highest BCUT2D eigenvalue weighted by Gasteiger charge is 2.33. The molecule has 0 aromatic heterocycles. The molecular formula is C25H28F6N2O2. The molecule has 1 amide bonds. The Morgan fingerprint density at radius 1 is 0.800 bits per heavy atom. The first-order chi connectivity index (χ1) is 16.1. The minimum atomic E-state index is -4.47. The highest BCUT2D eigenvalue weighted by molar-refractivity contribution is 5.68. The molecule has 4 nitrogen and oxygen atoms in total. The van der Waals surface area contributed by atoms with E-state index >= 15 is 0 Å². The van der Waals surface area contributed by atoms with Crippen molar-refractivity contribution >= 4 is 6.09 Å². The van der Waals surface area contributed by atoms with Crippen LogP contribution in [-0.4, -0.2) is 47.7 Å². The summed E-state index contributed by atoms with van der Waals surface area (Å²) in [6, 6.07) is 9.20. The zero-order chi connectivity index (χ0) is 26.0. The lowest BCUT2D eigenvalue weighted by molar-refractivity contribution is -0.138. The van der Waals surface area contributed by atoms with Crippen molar-refractivity contribution in [1.82, 2.24) is 9.80 Å². The number of halogens is 6. The molecule has 0 radical (unpaired) electrons. The lowest BCUT2D eigenvalue weighted by Crippen LogP contribution is -2.51. The number of benzene rings is 2. The molecule has 1 aliphatic rings. The van der Waals surface area contributed by atoms with Gasteiger partial charge >= 0.3 is 18.4 Å². The molecule has 2 aromatic carbocycles. The lowest BCUT2D eigenvalue weighted by Gasteiger charge is -2.40. The maximum absolute atomic E-state index is 13.0. The van der Waals surface area contributed by atoms with E-state index in [4.69, 9.17) is 4.74 Å². The van der Waals surface area contributed by atoms with Crippen molar-refractivity contribution in [3.05, 3.63) is 70.8 Å². The van der Waals surface area contributed by atoms with Gasteiger partial charge in [0.15, 0.2) is 0 Å². The van der Waals surface area contributed by atoms with Crippen molar-refractivity contribution < 1.29 is 35.9 Å². The zero-order valence-corrected chi connectivity index (χ0v) is 19.7. The molecule has 0 saturated carbocycles. The SMILES string of the molecule is CC(C)(C)OC(=O)N1CCN([C@@H](Cc2ccc(C(F)(F)F)cc2)c2ccc(C(F)(F)F)cc2)CC1. The van der Waals surface area contributed by atoms with E-state index in [2.05, 4.69) is 0 Å². The fraction of sp³-hybridized carbons (Fsp3) is 0.480. The van der Waals surface area contributed by atoms with Crippen LogP contribution in [0, 0.1) is 0 Å². The molecular weight excluding hydrogens is 474 g/mol. The van der Waals surface area contributed by atoms with E-state index in [1.54, 1.807) is 25.7 Å². The van der Waals surface area contributed by atoms with Gasteiger partial charge in [0.05, 0.1) is 11.1 Å².